The fourth-order valence-electron chi connectivity index (χ4n) is 2.11. The quantitative estimate of drug-likeness (QED) is 0.722. The van der Waals surface area contributed by atoms with Crippen molar-refractivity contribution in [2.45, 2.75) is 19.3 Å². The lowest BCUT2D eigenvalue weighted by Gasteiger charge is -2.07. The maximum Gasteiger partial charge on any atom is 0.252 e. The van der Waals surface area contributed by atoms with Crippen molar-refractivity contribution in [2.75, 3.05) is 13.1 Å². The van der Waals surface area contributed by atoms with E-state index in [2.05, 4.69) is 15.6 Å². The number of hydrogen-bond acceptors (Lipinski definition) is 3. The standard InChI is InChI=1S/C18H20ClN3O2/c19-16-7-4-14(5-8-16)6-9-17(23)21-11-2-12-22-18(24)15-3-1-10-20-13-15/h1,3-5,7-8,10,13H,2,6,9,11-12H2,(H,21,23)(H,22,24). The van der Waals surface area contributed by atoms with Gasteiger partial charge in [-0.3, -0.25) is 14.6 Å². The number of hydrogen-bond donors (Lipinski definition) is 2. The second-order valence-corrected chi connectivity index (χ2v) is 5.76. The van der Waals surface area contributed by atoms with Crippen molar-refractivity contribution in [2.24, 2.45) is 0 Å². The van der Waals surface area contributed by atoms with Crippen LogP contribution in [0.5, 0.6) is 0 Å². The van der Waals surface area contributed by atoms with Gasteiger partial charge >= 0.3 is 0 Å². The van der Waals surface area contributed by atoms with Crippen LogP contribution in [0.1, 0.15) is 28.8 Å². The van der Waals surface area contributed by atoms with Gasteiger partial charge in [0.25, 0.3) is 5.91 Å². The second kappa shape index (κ2) is 9.67. The van der Waals surface area contributed by atoms with Gasteiger partial charge in [-0.1, -0.05) is 23.7 Å². The largest absolute Gasteiger partial charge is 0.356 e. The summed E-state index contributed by atoms with van der Waals surface area (Å²) in [4.78, 5) is 27.4. The van der Waals surface area contributed by atoms with Crippen molar-refractivity contribution < 1.29 is 9.59 Å². The van der Waals surface area contributed by atoms with Crippen molar-refractivity contribution in [3.63, 3.8) is 0 Å². The third-order valence-corrected chi connectivity index (χ3v) is 3.69. The van der Waals surface area contributed by atoms with Gasteiger partial charge in [0.05, 0.1) is 5.56 Å². The van der Waals surface area contributed by atoms with Crippen molar-refractivity contribution in [1.82, 2.24) is 15.6 Å². The number of aromatic nitrogens is 1. The molecule has 5 nitrogen and oxygen atoms in total. The zero-order valence-corrected chi connectivity index (χ0v) is 14.1. The van der Waals surface area contributed by atoms with Crippen molar-refractivity contribution >= 4 is 23.4 Å². The molecule has 0 atom stereocenters. The summed E-state index contributed by atoms with van der Waals surface area (Å²) in [6.07, 6.45) is 4.94. The van der Waals surface area contributed by atoms with E-state index in [9.17, 15) is 9.59 Å². The van der Waals surface area contributed by atoms with E-state index in [1.165, 1.54) is 6.20 Å². The Morgan fingerprint density at radius 1 is 1.04 bits per heavy atom. The molecule has 0 radical (unpaired) electrons. The summed E-state index contributed by atoms with van der Waals surface area (Å²) in [6, 6.07) is 10.9. The zero-order valence-electron chi connectivity index (χ0n) is 13.3. The molecule has 0 aliphatic carbocycles. The lowest BCUT2D eigenvalue weighted by molar-refractivity contribution is -0.121. The average molecular weight is 346 g/mol. The highest BCUT2D eigenvalue weighted by atomic mass is 35.5. The molecule has 2 rings (SSSR count). The van der Waals surface area contributed by atoms with E-state index in [1.54, 1.807) is 18.3 Å². The Kier molecular flexibility index (Phi) is 7.23. The Balaban J connectivity index is 1.56. The molecule has 0 spiro atoms. The number of benzene rings is 1. The van der Waals surface area contributed by atoms with Crippen LogP contribution in [-0.2, 0) is 11.2 Å². The van der Waals surface area contributed by atoms with Crippen LogP contribution in [0.25, 0.3) is 0 Å². The number of carbonyl (C=O) groups is 2. The Labute approximate surface area is 146 Å². The lowest BCUT2D eigenvalue weighted by atomic mass is 10.1. The Hall–Kier alpha value is -2.40. The first kappa shape index (κ1) is 17.9. The first-order valence-electron chi connectivity index (χ1n) is 7.84. The van der Waals surface area contributed by atoms with E-state index in [0.29, 0.717) is 42.9 Å². The number of carbonyl (C=O) groups excluding carboxylic acids is 2. The molecule has 1 aromatic heterocycles. The molecule has 6 heteroatoms. The molecule has 24 heavy (non-hydrogen) atoms. The highest BCUT2D eigenvalue weighted by Crippen LogP contribution is 2.10. The van der Waals surface area contributed by atoms with Gasteiger partial charge in [-0.15, -0.1) is 0 Å². The van der Waals surface area contributed by atoms with Gasteiger partial charge in [0.1, 0.15) is 0 Å². The molecule has 0 fully saturated rings. The second-order valence-electron chi connectivity index (χ2n) is 5.33. The summed E-state index contributed by atoms with van der Waals surface area (Å²) < 4.78 is 0. The van der Waals surface area contributed by atoms with Gasteiger partial charge in [0.2, 0.25) is 5.91 Å². The minimum Gasteiger partial charge on any atom is -0.356 e. The molecular weight excluding hydrogens is 326 g/mol. The van der Waals surface area contributed by atoms with Crippen molar-refractivity contribution in [1.29, 1.82) is 0 Å². The number of amides is 2. The summed E-state index contributed by atoms with van der Waals surface area (Å²) in [7, 11) is 0. The van der Waals surface area contributed by atoms with Gasteiger partial charge in [-0.05, 0) is 42.7 Å². The number of pyridine rings is 1. The van der Waals surface area contributed by atoms with Gasteiger partial charge in [-0.2, -0.15) is 0 Å². The minimum absolute atomic E-state index is 0.00327. The molecule has 0 aliphatic rings. The zero-order chi connectivity index (χ0) is 17.2. The molecule has 0 saturated carbocycles. The average Bonchev–Trinajstić information content (AvgIpc) is 2.61. The monoisotopic (exact) mass is 345 g/mol. The summed E-state index contributed by atoms with van der Waals surface area (Å²) >= 11 is 5.82. The van der Waals surface area contributed by atoms with Crippen molar-refractivity contribution in [3.8, 4) is 0 Å². The number of aryl methyl sites for hydroxylation is 1. The van der Waals surface area contributed by atoms with E-state index in [4.69, 9.17) is 11.6 Å². The van der Waals surface area contributed by atoms with Gasteiger partial charge in [0.15, 0.2) is 0 Å². The van der Waals surface area contributed by atoms with Gasteiger partial charge in [-0.25, -0.2) is 0 Å². The molecule has 0 aliphatic heterocycles. The Bertz CT molecular complexity index is 660. The molecule has 2 aromatic rings. The van der Waals surface area contributed by atoms with E-state index in [-0.39, 0.29) is 11.8 Å². The lowest BCUT2D eigenvalue weighted by Crippen LogP contribution is -2.30. The van der Waals surface area contributed by atoms with E-state index >= 15 is 0 Å². The SMILES string of the molecule is O=C(CCc1ccc(Cl)cc1)NCCCNC(=O)c1cccnc1. The highest BCUT2D eigenvalue weighted by Gasteiger charge is 2.05. The predicted molar refractivity (Wildman–Crippen MR) is 94.0 cm³/mol. The minimum atomic E-state index is -0.155. The molecule has 1 heterocycles. The topological polar surface area (TPSA) is 71.1 Å². The summed E-state index contributed by atoms with van der Waals surface area (Å²) in [5.74, 6) is -0.152. The Morgan fingerprint density at radius 2 is 1.79 bits per heavy atom. The molecule has 0 saturated heterocycles. The van der Waals surface area contributed by atoms with Gasteiger partial charge < -0.3 is 10.6 Å². The maximum atomic E-state index is 11.8. The van der Waals surface area contributed by atoms with Crippen LogP contribution < -0.4 is 10.6 Å². The van der Waals surface area contributed by atoms with Crippen LogP contribution in [0.3, 0.4) is 0 Å². The fourth-order valence-corrected chi connectivity index (χ4v) is 2.24. The number of nitrogens with one attached hydrogen (secondary N) is 2. The molecule has 0 unspecified atom stereocenters. The van der Waals surface area contributed by atoms with Crippen LogP contribution in [0.2, 0.25) is 5.02 Å². The molecule has 2 N–H and O–H groups in total. The summed E-state index contributed by atoms with van der Waals surface area (Å²) in [5, 5.41) is 6.33. The van der Waals surface area contributed by atoms with Gasteiger partial charge in [0, 0.05) is 36.9 Å². The number of nitrogens with zero attached hydrogens (tertiary/aromatic N) is 1. The normalized spacial score (nSPS) is 10.2. The third-order valence-electron chi connectivity index (χ3n) is 3.44. The molecule has 2 amide bonds. The summed E-state index contributed by atoms with van der Waals surface area (Å²) in [5.41, 5.74) is 1.61. The first-order valence-corrected chi connectivity index (χ1v) is 8.22. The number of rotatable bonds is 8. The van der Waals surface area contributed by atoms with E-state index in [0.717, 1.165) is 5.56 Å². The van der Waals surface area contributed by atoms with E-state index < -0.39 is 0 Å². The van der Waals surface area contributed by atoms with Crippen LogP contribution in [-0.4, -0.2) is 29.9 Å². The van der Waals surface area contributed by atoms with Crippen LogP contribution in [0, 0.1) is 0 Å². The smallest absolute Gasteiger partial charge is 0.252 e. The van der Waals surface area contributed by atoms with E-state index in [1.807, 2.05) is 24.3 Å². The first-order chi connectivity index (χ1) is 11.6. The highest BCUT2D eigenvalue weighted by molar-refractivity contribution is 6.30. The molecule has 0 bridgehead atoms. The Morgan fingerprint density at radius 3 is 2.50 bits per heavy atom. The number of halogens is 1. The van der Waals surface area contributed by atoms with Crippen LogP contribution >= 0.6 is 11.6 Å². The maximum absolute atomic E-state index is 11.8. The fraction of sp³-hybridized carbons (Fsp3) is 0.278. The van der Waals surface area contributed by atoms with Crippen LogP contribution in [0.4, 0.5) is 0 Å². The van der Waals surface area contributed by atoms with Crippen molar-refractivity contribution in [3.05, 3.63) is 64.9 Å². The van der Waals surface area contributed by atoms with Crippen LogP contribution in [0.15, 0.2) is 48.8 Å². The predicted octanol–water partition coefficient (Wildman–Crippen LogP) is 2.60. The third kappa shape index (κ3) is 6.38. The molecule has 126 valence electrons. The molecule has 1 aromatic carbocycles. The molecular formula is C18H20ClN3O2. The summed E-state index contributed by atoms with van der Waals surface area (Å²) in [6.45, 7) is 1.04.